The minimum absolute atomic E-state index is 0.211. The van der Waals surface area contributed by atoms with Crippen molar-refractivity contribution in [2.24, 2.45) is 5.10 Å². The largest absolute Gasteiger partial charge is 0.271 e. The second kappa shape index (κ2) is 9.14. The molecule has 3 rings (SSSR count). The predicted molar refractivity (Wildman–Crippen MR) is 124 cm³/mol. The van der Waals surface area contributed by atoms with Gasteiger partial charge in [-0.15, -0.1) is 0 Å². The number of hydrogen-bond acceptors (Lipinski definition) is 4. The number of aryl methyl sites for hydroxylation is 2. The molecule has 1 N–H and O–H groups in total. The van der Waals surface area contributed by atoms with Gasteiger partial charge in [-0.05, 0) is 62.7 Å². The topological polar surface area (TPSA) is 78.8 Å². The van der Waals surface area contributed by atoms with Gasteiger partial charge in [-0.2, -0.15) is 5.10 Å². The quantitative estimate of drug-likeness (QED) is 0.464. The molecule has 7 heteroatoms. The van der Waals surface area contributed by atoms with E-state index in [0.717, 1.165) is 16.7 Å². The molecule has 0 unspecified atom stereocenters. The van der Waals surface area contributed by atoms with Gasteiger partial charge < -0.3 is 0 Å². The van der Waals surface area contributed by atoms with Gasteiger partial charge in [0.15, 0.2) is 0 Å². The molecule has 31 heavy (non-hydrogen) atoms. The van der Waals surface area contributed by atoms with E-state index < -0.39 is 10.0 Å². The highest BCUT2D eigenvalue weighted by Gasteiger charge is 2.21. The molecule has 0 heterocycles. The molecule has 3 aromatic rings. The maximum absolute atomic E-state index is 12.8. The van der Waals surface area contributed by atoms with Crippen molar-refractivity contribution in [2.45, 2.75) is 25.7 Å². The van der Waals surface area contributed by atoms with E-state index in [1.807, 2.05) is 45.0 Å². The summed E-state index contributed by atoms with van der Waals surface area (Å²) in [5, 5.41) is 4.15. The van der Waals surface area contributed by atoms with Gasteiger partial charge in [-0.3, -0.25) is 9.10 Å². The molecule has 0 aliphatic carbocycles. The van der Waals surface area contributed by atoms with Crippen LogP contribution >= 0.6 is 0 Å². The minimum atomic E-state index is -3.69. The Morgan fingerprint density at radius 1 is 0.806 bits per heavy atom. The highest BCUT2D eigenvalue weighted by molar-refractivity contribution is 7.92. The third-order valence-electron chi connectivity index (χ3n) is 4.97. The number of carbonyl (C=O) groups is 1. The summed E-state index contributed by atoms with van der Waals surface area (Å²) in [6.07, 6.45) is 0. The molecule has 0 aliphatic rings. The Morgan fingerprint density at radius 3 is 1.84 bits per heavy atom. The van der Waals surface area contributed by atoms with Crippen LogP contribution in [0.25, 0.3) is 0 Å². The average Bonchev–Trinajstić information content (AvgIpc) is 2.77. The number of carbonyl (C=O) groups excluding carboxylic acids is 1. The molecule has 0 spiro atoms. The van der Waals surface area contributed by atoms with Crippen molar-refractivity contribution in [3.8, 4) is 0 Å². The molecule has 0 saturated carbocycles. The molecule has 1 amide bonds. The fourth-order valence-corrected chi connectivity index (χ4v) is 4.08. The highest BCUT2D eigenvalue weighted by atomic mass is 32.2. The lowest BCUT2D eigenvalue weighted by Crippen LogP contribution is -2.26. The van der Waals surface area contributed by atoms with Gasteiger partial charge in [0.1, 0.15) is 0 Å². The summed E-state index contributed by atoms with van der Waals surface area (Å²) in [5.41, 5.74) is 7.12. The summed E-state index contributed by atoms with van der Waals surface area (Å²) in [5.74, 6) is -0.373. The van der Waals surface area contributed by atoms with E-state index in [1.54, 1.807) is 48.5 Å². The van der Waals surface area contributed by atoms with Crippen molar-refractivity contribution in [1.29, 1.82) is 0 Å². The Labute approximate surface area is 183 Å². The van der Waals surface area contributed by atoms with E-state index in [9.17, 15) is 13.2 Å². The maximum atomic E-state index is 12.8. The lowest BCUT2D eigenvalue weighted by atomic mass is 10.1. The van der Waals surface area contributed by atoms with Crippen molar-refractivity contribution < 1.29 is 13.2 Å². The molecular formula is C24H25N3O3S. The van der Waals surface area contributed by atoms with Crippen LogP contribution in [0.2, 0.25) is 0 Å². The number of benzene rings is 3. The van der Waals surface area contributed by atoms with Crippen LogP contribution in [0, 0.1) is 13.8 Å². The Hall–Kier alpha value is -3.45. The molecular weight excluding hydrogens is 410 g/mol. The normalized spacial score (nSPS) is 11.8. The Kier molecular flexibility index (Phi) is 6.56. The van der Waals surface area contributed by atoms with Crippen LogP contribution in [0.3, 0.4) is 0 Å². The van der Waals surface area contributed by atoms with Crippen molar-refractivity contribution >= 4 is 27.3 Å². The number of nitrogens with zero attached hydrogens (tertiary/aromatic N) is 2. The Morgan fingerprint density at radius 2 is 1.29 bits per heavy atom. The number of nitrogens with one attached hydrogen (secondary N) is 1. The monoisotopic (exact) mass is 435 g/mol. The SMILES string of the molecule is C/C(=N/NC(=O)c1ccc(N(C)S(=O)(=O)c2ccc(C)cc2)cc1)c1ccc(C)cc1. The zero-order chi connectivity index (χ0) is 22.6. The molecule has 6 nitrogen and oxygen atoms in total. The molecule has 160 valence electrons. The van der Waals surface area contributed by atoms with E-state index in [2.05, 4.69) is 10.5 Å². The lowest BCUT2D eigenvalue weighted by Gasteiger charge is -2.19. The summed E-state index contributed by atoms with van der Waals surface area (Å²) in [7, 11) is -2.20. The van der Waals surface area contributed by atoms with Crippen LogP contribution in [0.5, 0.6) is 0 Å². The van der Waals surface area contributed by atoms with Crippen molar-refractivity contribution in [3.63, 3.8) is 0 Å². The molecule has 0 atom stereocenters. The minimum Gasteiger partial charge on any atom is -0.269 e. The van der Waals surface area contributed by atoms with Crippen LogP contribution in [-0.2, 0) is 10.0 Å². The Bertz CT molecular complexity index is 1200. The number of rotatable bonds is 6. The maximum Gasteiger partial charge on any atom is 0.271 e. The van der Waals surface area contributed by atoms with Gasteiger partial charge in [-0.25, -0.2) is 13.8 Å². The van der Waals surface area contributed by atoms with E-state index in [1.165, 1.54) is 11.4 Å². The van der Waals surface area contributed by atoms with Gasteiger partial charge in [0.05, 0.1) is 16.3 Å². The predicted octanol–water partition coefficient (Wildman–Crippen LogP) is 4.28. The molecule has 0 saturated heterocycles. The number of anilines is 1. The van der Waals surface area contributed by atoms with Crippen LogP contribution in [-0.4, -0.2) is 27.1 Å². The van der Waals surface area contributed by atoms with E-state index >= 15 is 0 Å². The van der Waals surface area contributed by atoms with Crippen molar-refractivity contribution in [2.75, 3.05) is 11.4 Å². The van der Waals surface area contributed by atoms with Gasteiger partial charge in [0, 0.05) is 12.6 Å². The summed E-state index contributed by atoms with van der Waals surface area (Å²) in [6.45, 7) is 5.72. The molecule has 0 fully saturated rings. The lowest BCUT2D eigenvalue weighted by molar-refractivity contribution is 0.0955. The first-order valence-electron chi connectivity index (χ1n) is 9.76. The number of amides is 1. The van der Waals surface area contributed by atoms with Gasteiger partial charge in [0.2, 0.25) is 0 Å². The summed E-state index contributed by atoms with van der Waals surface area (Å²) >= 11 is 0. The number of hydrazone groups is 1. The smallest absolute Gasteiger partial charge is 0.269 e. The number of hydrogen-bond donors (Lipinski definition) is 1. The second-order valence-electron chi connectivity index (χ2n) is 7.34. The molecule has 0 aromatic heterocycles. The standard InChI is InChI=1S/C24H25N3O3S/c1-17-5-9-20(10-6-17)19(3)25-26-24(28)21-11-13-22(14-12-21)27(4)31(29,30)23-15-7-18(2)8-16-23/h5-16H,1-4H3,(H,26,28)/b25-19-. The van der Waals surface area contributed by atoms with Gasteiger partial charge >= 0.3 is 0 Å². The first kappa shape index (κ1) is 22.2. The van der Waals surface area contributed by atoms with E-state index in [0.29, 0.717) is 17.0 Å². The second-order valence-corrected chi connectivity index (χ2v) is 9.31. The van der Waals surface area contributed by atoms with Gasteiger partial charge in [0.25, 0.3) is 15.9 Å². The zero-order valence-electron chi connectivity index (χ0n) is 18.0. The summed E-state index contributed by atoms with van der Waals surface area (Å²) < 4.78 is 26.8. The van der Waals surface area contributed by atoms with Crippen LogP contribution in [0.15, 0.2) is 82.8 Å². The molecule has 0 bridgehead atoms. The van der Waals surface area contributed by atoms with Crippen LogP contribution in [0.4, 0.5) is 5.69 Å². The van der Waals surface area contributed by atoms with E-state index in [4.69, 9.17) is 0 Å². The fraction of sp³-hybridized carbons (Fsp3) is 0.167. The molecule has 0 radical (unpaired) electrons. The van der Waals surface area contributed by atoms with Crippen LogP contribution in [0.1, 0.15) is 34.0 Å². The van der Waals surface area contributed by atoms with Crippen molar-refractivity contribution in [1.82, 2.24) is 5.43 Å². The fourth-order valence-electron chi connectivity index (χ4n) is 2.89. The highest BCUT2D eigenvalue weighted by Crippen LogP contribution is 2.22. The van der Waals surface area contributed by atoms with Crippen molar-refractivity contribution in [3.05, 3.63) is 95.1 Å². The third-order valence-corrected chi connectivity index (χ3v) is 6.77. The zero-order valence-corrected chi connectivity index (χ0v) is 18.8. The average molecular weight is 436 g/mol. The molecule has 0 aliphatic heterocycles. The summed E-state index contributed by atoms with van der Waals surface area (Å²) in [4.78, 5) is 12.6. The Balaban J connectivity index is 1.71. The molecule has 3 aromatic carbocycles. The van der Waals surface area contributed by atoms with Crippen LogP contribution < -0.4 is 9.73 Å². The van der Waals surface area contributed by atoms with E-state index in [-0.39, 0.29) is 10.8 Å². The third kappa shape index (κ3) is 5.19. The van der Waals surface area contributed by atoms with Gasteiger partial charge in [-0.1, -0.05) is 47.5 Å². The number of sulfonamides is 1. The summed E-state index contributed by atoms with van der Waals surface area (Å²) in [6, 6.07) is 20.9. The first-order chi connectivity index (χ1) is 14.7. The first-order valence-corrected chi connectivity index (χ1v) is 11.2.